The fourth-order valence-electron chi connectivity index (χ4n) is 2.78. The van der Waals surface area contributed by atoms with Crippen molar-refractivity contribution >= 4 is 5.91 Å². The summed E-state index contributed by atoms with van der Waals surface area (Å²) in [4.78, 5) is 14.7. The SMILES string of the molecule is Cc1noc(C)c1C(=O)N(CC1CCCCN1)C(C)C. The first-order chi connectivity index (χ1) is 9.50. The molecular weight excluding hydrogens is 254 g/mol. The summed E-state index contributed by atoms with van der Waals surface area (Å²) in [6.07, 6.45) is 3.61. The molecule has 2 heterocycles. The van der Waals surface area contributed by atoms with Gasteiger partial charge in [-0.1, -0.05) is 11.6 Å². The van der Waals surface area contributed by atoms with E-state index in [9.17, 15) is 4.79 Å². The van der Waals surface area contributed by atoms with Gasteiger partial charge >= 0.3 is 0 Å². The molecule has 5 heteroatoms. The van der Waals surface area contributed by atoms with Crippen molar-refractivity contribution in [3.63, 3.8) is 0 Å². The minimum absolute atomic E-state index is 0.0311. The lowest BCUT2D eigenvalue weighted by atomic mass is 10.0. The van der Waals surface area contributed by atoms with Crippen LogP contribution in [0.1, 0.15) is 54.9 Å². The van der Waals surface area contributed by atoms with Gasteiger partial charge in [-0.2, -0.15) is 0 Å². The summed E-state index contributed by atoms with van der Waals surface area (Å²) < 4.78 is 5.12. The Morgan fingerprint density at radius 3 is 2.70 bits per heavy atom. The standard InChI is InChI=1S/C15H25N3O2/c1-10(2)18(9-13-7-5-6-8-16-13)15(19)14-11(3)17-20-12(14)4/h10,13,16H,5-9H2,1-4H3. The van der Waals surface area contributed by atoms with Gasteiger partial charge in [-0.25, -0.2) is 0 Å². The van der Waals surface area contributed by atoms with Crippen LogP contribution in [0.25, 0.3) is 0 Å². The molecule has 0 saturated carbocycles. The lowest BCUT2D eigenvalue weighted by molar-refractivity contribution is 0.0674. The van der Waals surface area contributed by atoms with Crippen molar-refractivity contribution in [2.24, 2.45) is 0 Å². The molecule has 1 aromatic rings. The molecule has 1 fully saturated rings. The molecule has 2 rings (SSSR count). The molecule has 5 nitrogen and oxygen atoms in total. The summed E-state index contributed by atoms with van der Waals surface area (Å²) in [7, 11) is 0. The highest BCUT2D eigenvalue weighted by molar-refractivity contribution is 5.96. The van der Waals surface area contributed by atoms with Crippen molar-refractivity contribution in [3.8, 4) is 0 Å². The van der Waals surface area contributed by atoms with Crippen LogP contribution in [0.3, 0.4) is 0 Å². The number of rotatable bonds is 4. The molecule has 1 aliphatic rings. The quantitative estimate of drug-likeness (QED) is 0.918. The monoisotopic (exact) mass is 279 g/mol. The molecular formula is C15H25N3O2. The highest BCUT2D eigenvalue weighted by Gasteiger charge is 2.27. The molecule has 20 heavy (non-hydrogen) atoms. The fourth-order valence-corrected chi connectivity index (χ4v) is 2.78. The van der Waals surface area contributed by atoms with Crippen molar-refractivity contribution in [1.29, 1.82) is 0 Å². The summed E-state index contributed by atoms with van der Waals surface area (Å²) in [5.41, 5.74) is 1.30. The normalized spacial score (nSPS) is 19.4. The number of amides is 1. The van der Waals surface area contributed by atoms with Crippen molar-refractivity contribution < 1.29 is 9.32 Å². The van der Waals surface area contributed by atoms with E-state index in [4.69, 9.17) is 4.52 Å². The average molecular weight is 279 g/mol. The zero-order valence-corrected chi connectivity index (χ0v) is 12.9. The van der Waals surface area contributed by atoms with Gasteiger partial charge in [0.05, 0.1) is 5.69 Å². The summed E-state index contributed by atoms with van der Waals surface area (Å²) in [6, 6.07) is 0.565. The number of hydrogen-bond donors (Lipinski definition) is 1. The third-order valence-corrected chi connectivity index (χ3v) is 3.96. The zero-order chi connectivity index (χ0) is 14.7. The van der Waals surface area contributed by atoms with Crippen LogP contribution in [0.2, 0.25) is 0 Å². The van der Waals surface area contributed by atoms with E-state index in [2.05, 4.69) is 24.3 Å². The molecule has 1 N–H and O–H groups in total. The van der Waals surface area contributed by atoms with Gasteiger partial charge < -0.3 is 14.7 Å². The average Bonchev–Trinajstić information content (AvgIpc) is 2.76. The third kappa shape index (κ3) is 3.20. The Bertz CT molecular complexity index is 442. The molecule has 1 saturated heterocycles. The second-order valence-electron chi connectivity index (χ2n) is 5.90. The van der Waals surface area contributed by atoms with Crippen LogP contribution in [-0.2, 0) is 0 Å². The van der Waals surface area contributed by atoms with Crippen molar-refractivity contribution in [3.05, 3.63) is 17.0 Å². The van der Waals surface area contributed by atoms with Gasteiger partial charge in [0.1, 0.15) is 11.3 Å². The second-order valence-corrected chi connectivity index (χ2v) is 5.90. The first-order valence-electron chi connectivity index (χ1n) is 7.48. The Labute approximate surface area is 120 Å². The minimum Gasteiger partial charge on any atom is -0.361 e. The molecule has 112 valence electrons. The maximum Gasteiger partial charge on any atom is 0.259 e. The highest BCUT2D eigenvalue weighted by Crippen LogP contribution is 2.18. The largest absolute Gasteiger partial charge is 0.361 e. The van der Waals surface area contributed by atoms with Crippen molar-refractivity contribution in [1.82, 2.24) is 15.4 Å². The van der Waals surface area contributed by atoms with Crippen LogP contribution in [0, 0.1) is 13.8 Å². The molecule has 1 aromatic heterocycles. The molecule has 1 atom stereocenters. The molecule has 0 radical (unpaired) electrons. The molecule has 0 aromatic carbocycles. The topological polar surface area (TPSA) is 58.4 Å². The number of aromatic nitrogens is 1. The first-order valence-corrected chi connectivity index (χ1v) is 7.48. The van der Waals surface area contributed by atoms with Gasteiger partial charge in [-0.05, 0) is 47.1 Å². The second kappa shape index (κ2) is 6.39. The lowest BCUT2D eigenvalue weighted by Crippen LogP contribution is -2.48. The van der Waals surface area contributed by atoms with Gasteiger partial charge in [0.25, 0.3) is 5.91 Å². The van der Waals surface area contributed by atoms with Crippen LogP contribution in [0.5, 0.6) is 0 Å². The minimum atomic E-state index is 0.0311. The Hall–Kier alpha value is -1.36. The van der Waals surface area contributed by atoms with Crippen LogP contribution < -0.4 is 5.32 Å². The van der Waals surface area contributed by atoms with Crippen LogP contribution in [-0.4, -0.2) is 41.1 Å². The zero-order valence-electron chi connectivity index (χ0n) is 12.9. The number of nitrogens with one attached hydrogen (secondary N) is 1. The Kier molecular flexibility index (Phi) is 4.81. The van der Waals surface area contributed by atoms with E-state index in [0.717, 1.165) is 19.5 Å². The first kappa shape index (κ1) is 15.0. The van der Waals surface area contributed by atoms with Gasteiger partial charge in [0, 0.05) is 18.6 Å². The predicted octanol–water partition coefficient (Wildman–Crippen LogP) is 2.28. The molecule has 1 aliphatic heterocycles. The van der Waals surface area contributed by atoms with Gasteiger partial charge in [-0.15, -0.1) is 0 Å². The van der Waals surface area contributed by atoms with Crippen molar-refractivity contribution in [2.45, 2.75) is 59.0 Å². The maximum absolute atomic E-state index is 12.8. The number of carbonyl (C=O) groups is 1. The van der Waals surface area contributed by atoms with Crippen LogP contribution in [0.4, 0.5) is 0 Å². The summed E-state index contributed by atoms with van der Waals surface area (Å²) in [5, 5.41) is 7.39. The van der Waals surface area contributed by atoms with Crippen LogP contribution in [0.15, 0.2) is 4.52 Å². The summed E-state index contributed by atoms with van der Waals surface area (Å²) in [5.74, 6) is 0.637. The Balaban J connectivity index is 2.13. The van der Waals surface area contributed by atoms with Crippen LogP contribution >= 0.6 is 0 Å². The van der Waals surface area contributed by atoms with Crippen molar-refractivity contribution in [2.75, 3.05) is 13.1 Å². The fraction of sp³-hybridized carbons (Fsp3) is 0.733. The Morgan fingerprint density at radius 2 is 2.20 bits per heavy atom. The smallest absolute Gasteiger partial charge is 0.259 e. The maximum atomic E-state index is 12.8. The molecule has 0 aliphatic carbocycles. The molecule has 1 amide bonds. The van der Waals surface area contributed by atoms with E-state index in [0.29, 0.717) is 23.1 Å². The van der Waals surface area contributed by atoms with E-state index in [1.165, 1.54) is 12.8 Å². The third-order valence-electron chi connectivity index (χ3n) is 3.96. The lowest BCUT2D eigenvalue weighted by Gasteiger charge is -2.33. The molecule has 1 unspecified atom stereocenters. The predicted molar refractivity (Wildman–Crippen MR) is 77.8 cm³/mol. The number of piperidine rings is 1. The van der Waals surface area contributed by atoms with E-state index >= 15 is 0 Å². The van der Waals surface area contributed by atoms with E-state index in [1.54, 1.807) is 6.92 Å². The van der Waals surface area contributed by atoms with Gasteiger partial charge in [0.2, 0.25) is 0 Å². The molecule has 0 bridgehead atoms. The summed E-state index contributed by atoms with van der Waals surface area (Å²) >= 11 is 0. The molecule has 0 spiro atoms. The number of carbonyl (C=O) groups excluding carboxylic acids is 1. The van der Waals surface area contributed by atoms with E-state index in [-0.39, 0.29) is 11.9 Å². The Morgan fingerprint density at radius 1 is 1.45 bits per heavy atom. The summed E-state index contributed by atoms with van der Waals surface area (Å²) in [6.45, 7) is 9.53. The van der Waals surface area contributed by atoms with Gasteiger partial charge in [-0.3, -0.25) is 4.79 Å². The van der Waals surface area contributed by atoms with E-state index in [1.807, 2.05) is 11.8 Å². The highest BCUT2D eigenvalue weighted by atomic mass is 16.5. The number of aryl methyl sites for hydroxylation is 2. The number of nitrogens with zero attached hydrogens (tertiary/aromatic N) is 2. The number of hydrogen-bond acceptors (Lipinski definition) is 4. The van der Waals surface area contributed by atoms with Gasteiger partial charge in [0.15, 0.2) is 0 Å². The van der Waals surface area contributed by atoms with E-state index < -0.39 is 0 Å².